The van der Waals surface area contributed by atoms with Crippen molar-refractivity contribution >= 4 is 15.8 Å². The molecule has 1 N–H and O–H groups in total. The molecule has 0 radical (unpaired) electrons. The maximum atomic E-state index is 13.7. The van der Waals surface area contributed by atoms with Crippen molar-refractivity contribution in [3.63, 3.8) is 0 Å². The van der Waals surface area contributed by atoms with E-state index in [9.17, 15) is 17.2 Å². The molecule has 0 spiro atoms. The summed E-state index contributed by atoms with van der Waals surface area (Å²) in [6.07, 6.45) is 2.40. The first-order valence-electron chi connectivity index (χ1n) is 6.94. The molecule has 23 heavy (non-hydrogen) atoms. The van der Waals surface area contributed by atoms with E-state index in [1.54, 1.807) is 7.05 Å². The number of hydrogen-bond donors (Lipinski definition) is 1. The van der Waals surface area contributed by atoms with Crippen molar-refractivity contribution in [3.8, 4) is 5.75 Å². The number of anilines is 1. The Morgan fingerprint density at radius 2 is 1.91 bits per heavy atom. The van der Waals surface area contributed by atoms with Crippen molar-refractivity contribution in [1.82, 2.24) is 9.78 Å². The Labute approximate surface area is 132 Å². The number of sulfonamides is 1. The molecular formula is C14H15F2N3O3S. The first kappa shape index (κ1) is 15.7. The van der Waals surface area contributed by atoms with Crippen LogP contribution in [0.25, 0.3) is 0 Å². The second-order valence-electron chi connectivity index (χ2n) is 5.28. The predicted octanol–water partition coefficient (Wildman–Crippen LogP) is 2.00. The molecule has 0 unspecified atom stereocenters. The lowest BCUT2D eigenvalue weighted by Crippen LogP contribution is -2.17. The highest BCUT2D eigenvalue weighted by Crippen LogP contribution is 2.31. The highest BCUT2D eigenvalue weighted by Gasteiger charge is 2.26. The minimum atomic E-state index is -4.14. The average molecular weight is 343 g/mol. The number of nitrogens with one attached hydrogen (secondary N) is 1. The Morgan fingerprint density at radius 3 is 2.52 bits per heavy atom. The summed E-state index contributed by atoms with van der Waals surface area (Å²) in [6.45, 7) is 0. The number of benzene rings is 1. The van der Waals surface area contributed by atoms with Crippen molar-refractivity contribution < 1.29 is 21.9 Å². The molecule has 6 nitrogen and oxygen atoms in total. The average Bonchev–Trinajstić information content (AvgIpc) is 3.02. The van der Waals surface area contributed by atoms with Gasteiger partial charge in [0.25, 0.3) is 10.0 Å². The number of fused-ring (bicyclic) bond motifs is 1. The summed E-state index contributed by atoms with van der Waals surface area (Å²) in [7, 11) is -1.42. The minimum absolute atomic E-state index is 0.328. The summed E-state index contributed by atoms with van der Waals surface area (Å²) in [6, 6.07) is 1.45. The van der Waals surface area contributed by atoms with E-state index in [2.05, 4.69) is 14.6 Å². The number of hydrogen-bond acceptors (Lipinski definition) is 4. The van der Waals surface area contributed by atoms with E-state index in [-0.39, 0.29) is 0 Å². The fourth-order valence-electron chi connectivity index (χ4n) is 2.72. The van der Waals surface area contributed by atoms with Gasteiger partial charge in [-0.25, -0.2) is 17.2 Å². The zero-order valence-corrected chi connectivity index (χ0v) is 13.4. The van der Waals surface area contributed by atoms with Crippen LogP contribution in [-0.4, -0.2) is 25.3 Å². The molecule has 0 fully saturated rings. The van der Waals surface area contributed by atoms with Crippen molar-refractivity contribution in [1.29, 1.82) is 0 Å². The minimum Gasteiger partial charge on any atom is -0.491 e. The second kappa shape index (κ2) is 5.48. The molecule has 0 aliphatic heterocycles. The summed E-state index contributed by atoms with van der Waals surface area (Å²) in [5.41, 5.74) is 1.67. The Balaban J connectivity index is 2.00. The van der Waals surface area contributed by atoms with E-state index in [0.717, 1.165) is 43.3 Å². The Hall–Kier alpha value is -2.16. The summed E-state index contributed by atoms with van der Waals surface area (Å²) in [5.74, 6) is -2.45. The van der Waals surface area contributed by atoms with Gasteiger partial charge in [-0.3, -0.25) is 9.40 Å². The quantitative estimate of drug-likeness (QED) is 0.921. The maximum Gasteiger partial charge on any atom is 0.263 e. The standard InChI is InChI=1S/C14H15F2N3O3S/c1-19-14(9-4-3-5-12(9)17-19)18-23(20,21)8-6-10(15)13(22-2)11(16)7-8/h6-7,18H,3-5H2,1-2H3. The zero-order chi connectivity index (χ0) is 16.8. The van der Waals surface area contributed by atoms with E-state index in [0.29, 0.717) is 12.2 Å². The smallest absolute Gasteiger partial charge is 0.263 e. The number of halogens is 2. The number of nitrogens with zero attached hydrogens (tertiary/aromatic N) is 2. The number of methoxy groups -OCH3 is 1. The highest BCUT2D eigenvalue weighted by molar-refractivity contribution is 7.92. The zero-order valence-electron chi connectivity index (χ0n) is 12.6. The van der Waals surface area contributed by atoms with Gasteiger partial charge < -0.3 is 4.74 Å². The topological polar surface area (TPSA) is 73.2 Å². The van der Waals surface area contributed by atoms with Crippen LogP contribution in [-0.2, 0) is 29.9 Å². The van der Waals surface area contributed by atoms with Crippen LogP contribution < -0.4 is 9.46 Å². The Bertz CT molecular complexity index is 855. The normalized spacial score (nSPS) is 13.9. The van der Waals surface area contributed by atoms with Crippen molar-refractivity contribution in [3.05, 3.63) is 35.0 Å². The van der Waals surface area contributed by atoms with Crippen LogP contribution in [0.15, 0.2) is 17.0 Å². The van der Waals surface area contributed by atoms with Gasteiger partial charge in [0.05, 0.1) is 17.7 Å². The van der Waals surface area contributed by atoms with Crippen LogP contribution in [0.4, 0.5) is 14.6 Å². The van der Waals surface area contributed by atoms with Gasteiger partial charge in [-0.1, -0.05) is 0 Å². The van der Waals surface area contributed by atoms with Gasteiger partial charge in [0.1, 0.15) is 5.82 Å². The molecule has 0 saturated heterocycles. The molecule has 124 valence electrons. The molecule has 1 aromatic carbocycles. The van der Waals surface area contributed by atoms with Crippen LogP contribution in [0.5, 0.6) is 5.75 Å². The summed E-state index contributed by atoms with van der Waals surface area (Å²) in [5, 5.41) is 4.25. The molecule has 0 atom stereocenters. The lowest BCUT2D eigenvalue weighted by atomic mass is 10.3. The van der Waals surface area contributed by atoms with Crippen LogP contribution >= 0.6 is 0 Å². The lowest BCUT2D eigenvalue weighted by molar-refractivity contribution is 0.358. The second-order valence-corrected chi connectivity index (χ2v) is 6.96. The number of ether oxygens (including phenoxy) is 1. The van der Waals surface area contributed by atoms with E-state index in [1.807, 2.05) is 0 Å². The molecule has 0 saturated carbocycles. The van der Waals surface area contributed by atoms with Gasteiger partial charge in [0, 0.05) is 12.6 Å². The molecule has 3 rings (SSSR count). The maximum absolute atomic E-state index is 13.7. The summed E-state index contributed by atoms with van der Waals surface area (Å²) >= 11 is 0. The van der Waals surface area contributed by atoms with Crippen LogP contribution in [0.1, 0.15) is 17.7 Å². The number of aryl methyl sites for hydroxylation is 2. The molecule has 1 aliphatic rings. The summed E-state index contributed by atoms with van der Waals surface area (Å²) in [4.78, 5) is -0.513. The molecule has 1 aliphatic carbocycles. The van der Waals surface area contributed by atoms with Crippen molar-refractivity contribution in [2.45, 2.75) is 24.2 Å². The van der Waals surface area contributed by atoms with Gasteiger partial charge in [-0.15, -0.1) is 0 Å². The van der Waals surface area contributed by atoms with Gasteiger partial charge in [0.15, 0.2) is 17.4 Å². The fraction of sp³-hybridized carbons (Fsp3) is 0.357. The molecule has 2 aromatic rings. The van der Waals surface area contributed by atoms with Gasteiger partial charge in [-0.2, -0.15) is 5.10 Å². The molecule has 1 aromatic heterocycles. The van der Waals surface area contributed by atoms with Gasteiger partial charge >= 0.3 is 0 Å². The highest BCUT2D eigenvalue weighted by atomic mass is 32.2. The van der Waals surface area contributed by atoms with Crippen LogP contribution in [0.3, 0.4) is 0 Å². The molecular weight excluding hydrogens is 328 g/mol. The first-order valence-corrected chi connectivity index (χ1v) is 8.42. The predicted molar refractivity (Wildman–Crippen MR) is 79.0 cm³/mol. The Kier molecular flexibility index (Phi) is 3.75. The fourth-order valence-corrected chi connectivity index (χ4v) is 3.87. The van der Waals surface area contributed by atoms with E-state index in [1.165, 1.54) is 4.68 Å². The van der Waals surface area contributed by atoms with Gasteiger partial charge in [0.2, 0.25) is 0 Å². The van der Waals surface area contributed by atoms with Gasteiger partial charge in [-0.05, 0) is 31.4 Å². The van der Waals surface area contributed by atoms with E-state index >= 15 is 0 Å². The third kappa shape index (κ3) is 2.65. The Morgan fingerprint density at radius 1 is 1.26 bits per heavy atom. The van der Waals surface area contributed by atoms with Crippen LogP contribution in [0.2, 0.25) is 0 Å². The first-order chi connectivity index (χ1) is 10.8. The summed E-state index contributed by atoms with van der Waals surface area (Å²) < 4.78 is 60.7. The van der Waals surface area contributed by atoms with Crippen molar-refractivity contribution in [2.75, 3.05) is 11.8 Å². The SMILES string of the molecule is COc1c(F)cc(S(=O)(=O)Nc2c3c(nn2C)CCC3)cc1F. The molecule has 0 amide bonds. The largest absolute Gasteiger partial charge is 0.491 e. The lowest BCUT2D eigenvalue weighted by Gasteiger charge is -2.11. The van der Waals surface area contributed by atoms with E-state index < -0.39 is 32.3 Å². The molecule has 9 heteroatoms. The monoisotopic (exact) mass is 343 g/mol. The molecule has 0 bridgehead atoms. The third-order valence-corrected chi connectivity index (χ3v) is 5.10. The number of rotatable bonds is 4. The molecule has 1 heterocycles. The third-order valence-electron chi connectivity index (χ3n) is 3.79. The van der Waals surface area contributed by atoms with Crippen LogP contribution in [0, 0.1) is 11.6 Å². The number of aromatic nitrogens is 2. The van der Waals surface area contributed by atoms with Crippen molar-refractivity contribution in [2.24, 2.45) is 7.05 Å². The van der Waals surface area contributed by atoms with E-state index in [4.69, 9.17) is 0 Å².